The van der Waals surface area contributed by atoms with Crippen molar-refractivity contribution in [2.24, 2.45) is 0 Å². The number of benzene rings is 1. The molecule has 80 valence electrons. The van der Waals surface area contributed by atoms with E-state index < -0.39 is 4.92 Å². The average molecular weight is 215 g/mol. The van der Waals surface area contributed by atoms with Gasteiger partial charge in [0, 0.05) is 24.0 Å². The first-order chi connectivity index (χ1) is 7.77. The molecule has 1 aromatic heterocycles. The largest absolute Gasteiger partial charge is 0.259 e. The Morgan fingerprint density at radius 3 is 2.81 bits per heavy atom. The molecule has 1 aromatic carbocycles. The maximum Gasteiger partial charge on any atom is 0.235 e. The predicted molar refractivity (Wildman–Crippen MR) is 59.6 cm³/mol. The van der Waals surface area contributed by atoms with Crippen molar-refractivity contribution in [3.63, 3.8) is 0 Å². The SMILES string of the molecule is O=[N+]([O-])/C=C/c1ccccc1-n1cccn1. The molecular formula is C11H9N3O2. The molecule has 0 saturated heterocycles. The summed E-state index contributed by atoms with van der Waals surface area (Å²) in [5, 5.41) is 14.4. The van der Waals surface area contributed by atoms with E-state index in [4.69, 9.17) is 0 Å². The van der Waals surface area contributed by atoms with Gasteiger partial charge in [-0.25, -0.2) is 4.68 Å². The van der Waals surface area contributed by atoms with Crippen molar-refractivity contribution in [2.75, 3.05) is 0 Å². The summed E-state index contributed by atoms with van der Waals surface area (Å²) < 4.78 is 1.67. The Morgan fingerprint density at radius 1 is 1.31 bits per heavy atom. The molecule has 0 radical (unpaired) electrons. The third kappa shape index (κ3) is 2.14. The lowest BCUT2D eigenvalue weighted by Crippen LogP contribution is -1.96. The van der Waals surface area contributed by atoms with Crippen LogP contribution in [0.5, 0.6) is 0 Å². The molecule has 0 bridgehead atoms. The van der Waals surface area contributed by atoms with Gasteiger partial charge in [-0.15, -0.1) is 0 Å². The zero-order valence-corrected chi connectivity index (χ0v) is 8.35. The average Bonchev–Trinajstić information content (AvgIpc) is 2.80. The highest BCUT2D eigenvalue weighted by molar-refractivity contribution is 5.59. The molecule has 0 fully saturated rings. The first-order valence-electron chi connectivity index (χ1n) is 4.68. The molecule has 16 heavy (non-hydrogen) atoms. The van der Waals surface area contributed by atoms with Crippen LogP contribution in [-0.4, -0.2) is 14.7 Å². The number of hydrogen-bond acceptors (Lipinski definition) is 3. The van der Waals surface area contributed by atoms with Gasteiger partial charge in [0.25, 0.3) is 0 Å². The zero-order valence-electron chi connectivity index (χ0n) is 8.35. The minimum absolute atomic E-state index is 0.486. The summed E-state index contributed by atoms with van der Waals surface area (Å²) in [7, 11) is 0. The second kappa shape index (κ2) is 4.39. The quantitative estimate of drug-likeness (QED) is 0.582. The fourth-order valence-electron chi connectivity index (χ4n) is 1.39. The Hall–Kier alpha value is -2.43. The number of nitro groups is 1. The molecule has 0 aliphatic rings. The highest BCUT2D eigenvalue weighted by Crippen LogP contribution is 2.14. The smallest absolute Gasteiger partial charge is 0.235 e. The third-order valence-corrected chi connectivity index (χ3v) is 2.06. The molecule has 0 saturated carbocycles. The van der Waals surface area contributed by atoms with Crippen LogP contribution in [0.25, 0.3) is 11.8 Å². The van der Waals surface area contributed by atoms with E-state index >= 15 is 0 Å². The van der Waals surface area contributed by atoms with Gasteiger partial charge >= 0.3 is 0 Å². The number of para-hydroxylation sites is 1. The minimum Gasteiger partial charge on any atom is -0.259 e. The molecule has 2 aromatic rings. The van der Waals surface area contributed by atoms with Crippen molar-refractivity contribution in [1.29, 1.82) is 0 Å². The second-order valence-electron chi connectivity index (χ2n) is 3.11. The third-order valence-electron chi connectivity index (χ3n) is 2.06. The van der Waals surface area contributed by atoms with E-state index in [1.54, 1.807) is 29.2 Å². The monoisotopic (exact) mass is 215 g/mol. The summed E-state index contributed by atoms with van der Waals surface area (Å²) in [6.45, 7) is 0. The summed E-state index contributed by atoms with van der Waals surface area (Å²) in [6.07, 6.45) is 5.83. The van der Waals surface area contributed by atoms with E-state index in [9.17, 15) is 10.1 Å². The van der Waals surface area contributed by atoms with Crippen molar-refractivity contribution in [2.45, 2.75) is 0 Å². The van der Waals surface area contributed by atoms with Gasteiger partial charge in [0.2, 0.25) is 6.20 Å². The minimum atomic E-state index is -0.486. The van der Waals surface area contributed by atoms with E-state index in [0.717, 1.165) is 17.5 Å². The topological polar surface area (TPSA) is 61.0 Å². The second-order valence-corrected chi connectivity index (χ2v) is 3.11. The van der Waals surface area contributed by atoms with Crippen LogP contribution in [0.2, 0.25) is 0 Å². The van der Waals surface area contributed by atoms with Gasteiger partial charge in [0.15, 0.2) is 0 Å². The maximum absolute atomic E-state index is 10.3. The number of rotatable bonds is 3. The summed E-state index contributed by atoms with van der Waals surface area (Å²) in [4.78, 5) is 9.78. The zero-order chi connectivity index (χ0) is 11.4. The normalized spacial score (nSPS) is 10.8. The van der Waals surface area contributed by atoms with Crippen molar-refractivity contribution in [3.05, 3.63) is 64.6 Å². The van der Waals surface area contributed by atoms with Gasteiger partial charge < -0.3 is 0 Å². The molecule has 5 nitrogen and oxygen atoms in total. The van der Waals surface area contributed by atoms with Gasteiger partial charge in [-0.1, -0.05) is 18.2 Å². The molecule has 0 N–H and O–H groups in total. The molecule has 2 rings (SSSR count). The molecule has 0 atom stereocenters. The molecule has 5 heteroatoms. The molecule has 0 aliphatic heterocycles. The standard InChI is InChI=1S/C11H9N3O2/c15-14(16)9-6-10-4-1-2-5-11(10)13-8-3-7-12-13/h1-9H/b9-6+. The van der Waals surface area contributed by atoms with E-state index in [1.807, 2.05) is 18.2 Å². The Balaban J connectivity index is 2.42. The fourth-order valence-corrected chi connectivity index (χ4v) is 1.39. The fraction of sp³-hybridized carbons (Fsp3) is 0. The summed E-state index contributed by atoms with van der Waals surface area (Å²) >= 11 is 0. The summed E-state index contributed by atoms with van der Waals surface area (Å²) in [5.74, 6) is 0. The van der Waals surface area contributed by atoms with Crippen LogP contribution in [0, 0.1) is 10.1 Å². The number of aromatic nitrogens is 2. The summed E-state index contributed by atoms with van der Waals surface area (Å²) in [5.41, 5.74) is 1.56. The highest BCUT2D eigenvalue weighted by Gasteiger charge is 2.01. The van der Waals surface area contributed by atoms with Crippen LogP contribution in [-0.2, 0) is 0 Å². The van der Waals surface area contributed by atoms with Crippen LogP contribution in [0.4, 0.5) is 0 Å². The molecule has 0 spiro atoms. The first-order valence-corrected chi connectivity index (χ1v) is 4.68. The number of hydrogen-bond donors (Lipinski definition) is 0. The molecule has 1 heterocycles. The predicted octanol–water partition coefficient (Wildman–Crippen LogP) is 2.12. The van der Waals surface area contributed by atoms with Gasteiger partial charge in [-0.05, 0) is 12.1 Å². The van der Waals surface area contributed by atoms with Gasteiger partial charge in [0.05, 0.1) is 10.6 Å². The lowest BCUT2D eigenvalue weighted by atomic mass is 10.2. The van der Waals surface area contributed by atoms with E-state index in [2.05, 4.69) is 5.10 Å². The van der Waals surface area contributed by atoms with E-state index in [0.29, 0.717) is 0 Å². The first kappa shape index (κ1) is 10.1. The number of nitrogens with zero attached hydrogens (tertiary/aromatic N) is 3. The van der Waals surface area contributed by atoms with E-state index in [-0.39, 0.29) is 0 Å². The van der Waals surface area contributed by atoms with Gasteiger partial charge in [-0.2, -0.15) is 5.10 Å². The van der Waals surface area contributed by atoms with Crippen LogP contribution < -0.4 is 0 Å². The van der Waals surface area contributed by atoms with Crippen molar-refractivity contribution >= 4 is 6.08 Å². The van der Waals surface area contributed by atoms with Crippen molar-refractivity contribution in [1.82, 2.24) is 9.78 Å². The van der Waals surface area contributed by atoms with Crippen LogP contribution in [0.1, 0.15) is 5.56 Å². The maximum atomic E-state index is 10.3. The highest BCUT2D eigenvalue weighted by atomic mass is 16.6. The van der Waals surface area contributed by atoms with Crippen LogP contribution in [0.3, 0.4) is 0 Å². The molecule has 0 unspecified atom stereocenters. The lowest BCUT2D eigenvalue weighted by Gasteiger charge is -2.04. The molecule has 0 amide bonds. The Bertz CT molecular complexity index is 518. The summed E-state index contributed by atoms with van der Waals surface area (Å²) in [6, 6.07) is 9.14. The van der Waals surface area contributed by atoms with Gasteiger partial charge in [0.1, 0.15) is 0 Å². The van der Waals surface area contributed by atoms with Crippen LogP contribution in [0.15, 0.2) is 48.9 Å². The Labute approximate surface area is 91.8 Å². The van der Waals surface area contributed by atoms with Gasteiger partial charge in [-0.3, -0.25) is 10.1 Å². The molecular weight excluding hydrogens is 206 g/mol. The molecule has 0 aliphatic carbocycles. The Morgan fingerprint density at radius 2 is 2.12 bits per heavy atom. The van der Waals surface area contributed by atoms with Crippen molar-refractivity contribution in [3.8, 4) is 5.69 Å². The Kier molecular flexibility index (Phi) is 2.77. The lowest BCUT2D eigenvalue weighted by molar-refractivity contribution is -0.400. The van der Waals surface area contributed by atoms with E-state index in [1.165, 1.54) is 6.08 Å². The van der Waals surface area contributed by atoms with Crippen LogP contribution >= 0.6 is 0 Å². The van der Waals surface area contributed by atoms with Crippen molar-refractivity contribution < 1.29 is 4.92 Å².